The van der Waals surface area contributed by atoms with Gasteiger partial charge in [0, 0.05) is 28.6 Å². The Balaban J connectivity index is 1.65. The maximum atomic E-state index is 13.9. The molecule has 162 valence electrons. The second kappa shape index (κ2) is 8.47. The second-order valence-electron chi connectivity index (χ2n) is 7.31. The van der Waals surface area contributed by atoms with Crippen molar-refractivity contribution in [3.8, 4) is 11.5 Å². The summed E-state index contributed by atoms with van der Waals surface area (Å²) in [5, 5.41) is 7.44. The van der Waals surface area contributed by atoms with Gasteiger partial charge in [-0.2, -0.15) is 5.10 Å². The first-order chi connectivity index (χ1) is 15.7. The number of thiophene rings is 1. The number of aryl methyl sites for hydroxylation is 1. The number of anilines is 1. The Kier molecular flexibility index (Phi) is 5.36. The van der Waals surface area contributed by atoms with E-state index in [1.54, 1.807) is 34.4 Å². The van der Waals surface area contributed by atoms with Crippen LogP contribution in [0.15, 0.2) is 64.8 Å². The van der Waals surface area contributed by atoms with Crippen LogP contribution in [-0.4, -0.2) is 28.9 Å². The van der Waals surface area contributed by atoms with Gasteiger partial charge in [0.25, 0.3) is 11.5 Å². The molecule has 0 fully saturated rings. The quantitative estimate of drug-likeness (QED) is 0.461. The summed E-state index contributed by atoms with van der Waals surface area (Å²) in [5.74, 6) is 0.981. The van der Waals surface area contributed by atoms with Gasteiger partial charge in [-0.1, -0.05) is 24.3 Å². The van der Waals surface area contributed by atoms with Crippen LogP contribution in [0, 0.1) is 0 Å². The molecule has 0 atom stereocenters. The predicted octanol–water partition coefficient (Wildman–Crippen LogP) is 4.10. The number of fused-ring (bicyclic) bond motifs is 2. The van der Waals surface area contributed by atoms with E-state index in [1.165, 1.54) is 4.68 Å². The van der Waals surface area contributed by atoms with Gasteiger partial charge in [-0.25, -0.2) is 4.68 Å². The highest BCUT2D eigenvalue weighted by Gasteiger charge is 2.25. The first kappa shape index (κ1) is 20.3. The SMILES string of the molecule is CCn1nc(C(=O)N(Cc2cccs2)c2ccc3c(c2)OCCO3)c2ccccc2c1=O. The summed E-state index contributed by atoms with van der Waals surface area (Å²) in [4.78, 5) is 29.4. The normalized spacial score (nSPS) is 12.7. The third-order valence-electron chi connectivity index (χ3n) is 5.35. The molecular formula is C24H21N3O4S. The van der Waals surface area contributed by atoms with Crippen LogP contribution < -0.4 is 19.9 Å². The van der Waals surface area contributed by atoms with Crippen molar-refractivity contribution < 1.29 is 14.3 Å². The Bertz CT molecular complexity index is 1350. The fraction of sp³-hybridized carbons (Fsp3) is 0.208. The van der Waals surface area contributed by atoms with Crippen molar-refractivity contribution in [1.82, 2.24) is 9.78 Å². The van der Waals surface area contributed by atoms with Gasteiger partial charge in [0.15, 0.2) is 17.2 Å². The lowest BCUT2D eigenvalue weighted by molar-refractivity contribution is 0.0980. The Morgan fingerprint density at radius 1 is 1.06 bits per heavy atom. The van der Waals surface area contributed by atoms with Crippen molar-refractivity contribution in [3.63, 3.8) is 0 Å². The lowest BCUT2D eigenvalue weighted by Crippen LogP contribution is -2.34. The smallest absolute Gasteiger partial charge is 0.279 e. The Morgan fingerprint density at radius 3 is 2.59 bits per heavy atom. The molecule has 0 spiro atoms. The lowest BCUT2D eigenvalue weighted by Gasteiger charge is -2.25. The topological polar surface area (TPSA) is 73.7 Å². The molecule has 0 saturated carbocycles. The fourth-order valence-corrected chi connectivity index (χ4v) is 4.47. The van der Waals surface area contributed by atoms with Gasteiger partial charge in [-0.05, 0) is 36.6 Å². The van der Waals surface area contributed by atoms with Gasteiger partial charge in [-0.15, -0.1) is 11.3 Å². The fourth-order valence-electron chi connectivity index (χ4n) is 3.77. The van der Waals surface area contributed by atoms with Crippen molar-refractivity contribution >= 4 is 33.7 Å². The number of ether oxygens (including phenoxy) is 2. The molecular weight excluding hydrogens is 426 g/mol. The molecule has 0 unspecified atom stereocenters. The summed E-state index contributed by atoms with van der Waals surface area (Å²) in [6, 6.07) is 16.5. The van der Waals surface area contributed by atoms with Gasteiger partial charge < -0.3 is 14.4 Å². The minimum absolute atomic E-state index is 0.205. The van der Waals surface area contributed by atoms with Gasteiger partial charge in [0.1, 0.15) is 13.2 Å². The third kappa shape index (κ3) is 3.62. The zero-order chi connectivity index (χ0) is 22.1. The molecule has 3 heterocycles. The molecule has 0 aliphatic carbocycles. The molecule has 2 aromatic carbocycles. The van der Waals surface area contributed by atoms with E-state index in [1.807, 2.05) is 48.7 Å². The van der Waals surface area contributed by atoms with Crippen LogP contribution in [0.1, 0.15) is 22.3 Å². The van der Waals surface area contributed by atoms with Crippen LogP contribution in [0.3, 0.4) is 0 Å². The maximum Gasteiger partial charge on any atom is 0.279 e. The predicted molar refractivity (Wildman–Crippen MR) is 124 cm³/mol. The minimum Gasteiger partial charge on any atom is -0.486 e. The number of carbonyl (C=O) groups is 1. The summed E-state index contributed by atoms with van der Waals surface area (Å²) in [6.07, 6.45) is 0. The molecule has 8 heteroatoms. The largest absolute Gasteiger partial charge is 0.486 e. The zero-order valence-electron chi connectivity index (χ0n) is 17.5. The number of amides is 1. The number of aromatic nitrogens is 2. The number of benzene rings is 2. The third-order valence-corrected chi connectivity index (χ3v) is 6.21. The first-order valence-electron chi connectivity index (χ1n) is 10.4. The second-order valence-corrected chi connectivity index (χ2v) is 8.35. The van der Waals surface area contributed by atoms with Crippen LogP contribution in [-0.2, 0) is 13.1 Å². The van der Waals surface area contributed by atoms with E-state index >= 15 is 0 Å². The summed E-state index contributed by atoms with van der Waals surface area (Å²) >= 11 is 1.58. The molecule has 4 aromatic rings. The maximum absolute atomic E-state index is 13.9. The number of hydrogen-bond donors (Lipinski definition) is 0. The van der Waals surface area contributed by atoms with Crippen molar-refractivity contribution in [3.05, 3.63) is 80.9 Å². The van der Waals surface area contributed by atoms with E-state index in [4.69, 9.17) is 9.47 Å². The van der Waals surface area contributed by atoms with Crippen LogP contribution >= 0.6 is 11.3 Å². The molecule has 1 aliphatic rings. The van der Waals surface area contributed by atoms with Crippen molar-refractivity contribution in [2.75, 3.05) is 18.1 Å². The number of hydrogen-bond acceptors (Lipinski definition) is 6. The van der Waals surface area contributed by atoms with E-state index in [0.717, 1.165) is 4.88 Å². The zero-order valence-corrected chi connectivity index (χ0v) is 18.3. The highest BCUT2D eigenvalue weighted by Crippen LogP contribution is 2.35. The average Bonchev–Trinajstić information content (AvgIpc) is 3.36. The monoisotopic (exact) mass is 447 g/mol. The van der Waals surface area contributed by atoms with Crippen molar-refractivity contribution in [2.24, 2.45) is 0 Å². The number of nitrogens with zero attached hydrogens (tertiary/aromatic N) is 3. The van der Waals surface area contributed by atoms with Gasteiger partial charge in [-0.3, -0.25) is 9.59 Å². The molecule has 2 aromatic heterocycles. The highest BCUT2D eigenvalue weighted by atomic mass is 32.1. The van der Waals surface area contributed by atoms with Crippen LogP contribution in [0.4, 0.5) is 5.69 Å². The van der Waals surface area contributed by atoms with E-state index in [-0.39, 0.29) is 17.2 Å². The molecule has 0 bridgehead atoms. The Hall–Kier alpha value is -3.65. The van der Waals surface area contributed by atoms with Crippen LogP contribution in [0.5, 0.6) is 11.5 Å². The Morgan fingerprint density at radius 2 is 1.84 bits per heavy atom. The summed E-state index contributed by atoms with van der Waals surface area (Å²) in [6.45, 7) is 3.54. The van der Waals surface area contributed by atoms with E-state index < -0.39 is 0 Å². The van der Waals surface area contributed by atoms with E-state index in [9.17, 15) is 9.59 Å². The molecule has 5 rings (SSSR count). The Labute approximate surface area is 188 Å². The molecule has 32 heavy (non-hydrogen) atoms. The van der Waals surface area contributed by atoms with Gasteiger partial charge in [0.2, 0.25) is 0 Å². The summed E-state index contributed by atoms with van der Waals surface area (Å²) in [5.41, 5.74) is 0.713. The summed E-state index contributed by atoms with van der Waals surface area (Å²) < 4.78 is 12.7. The molecule has 0 saturated heterocycles. The highest BCUT2D eigenvalue weighted by molar-refractivity contribution is 7.09. The standard InChI is InChI=1S/C24H21N3O4S/c1-2-27-23(28)19-8-4-3-7-18(19)22(25-27)24(29)26(15-17-6-5-13-32-17)16-9-10-20-21(14-16)31-12-11-30-20/h3-10,13-14H,2,11-12,15H2,1H3. The lowest BCUT2D eigenvalue weighted by atomic mass is 10.1. The molecule has 0 radical (unpaired) electrons. The molecule has 1 aliphatic heterocycles. The molecule has 1 amide bonds. The average molecular weight is 448 g/mol. The first-order valence-corrected chi connectivity index (χ1v) is 11.3. The number of carbonyl (C=O) groups excluding carboxylic acids is 1. The molecule has 0 N–H and O–H groups in total. The van der Waals surface area contributed by atoms with Crippen molar-refractivity contribution in [2.45, 2.75) is 20.0 Å². The van der Waals surface area contributed by atoms with Crippen LogP contribution in [0.25, 0.3) is 10.8 Å². The minimum atomic E-state index is -0.284. The van der Waals surface area contributed by atoms with Crippen LogP contribution in [0.2, 0.25) is 0 Å². The number of rotatable bonds is 5. The van der Waals surface area contributed by atoms with Gasteiger partial charge in [0.05, 0.1) is 11.9 Å². The van der Waals surface area contributed by atoms with Crippen molar-refractivity contribution in [1.29, 1.82) is 0 Å². The molecule has 7 nitrogen and oxygen atoms in total. The van der Waals surface area contributed by atoms with E-state index in [0.29, 0.717) is 54.3 Å². The van der Waals surface area contributed by atoms with Gasteiger partial charge >= 0.3 is 0 Å². The van der Waals surface area contributed by atoms with E-state index in [2.05, 4.69) is 5.10 Å². The summed E-state index contributed by atoms with van der Waals surface area (Å²) in [7, 11) is 0.